The first kappa shape index (κ1) is 17.4. The van der Waals surface area contributed by atoms with E-state index in [9.17, 15) is 14.4 Å². The quantitative estimate of drug-likeness (QED) is 0.520. The van der Waals surface area contributed by atoms with Crippen LogP contribution in [0.3, 0.4) is 0 Å². The van der Waals surface area contributed by atoms with Crippen LogP contribution < -0.4 is 21.3 Å². The van der Waals surface area contributed by atoms with E-state index in [1.807, 2.05) is 0 Å². The second-order valence-electron chi connectivity index (χ2n) is 5.16. The highest BCUT2D eigenvalue weighted by atomic mass is 16.2. The van der Waals surface area contributed by atoms with E-state index in [2.05, 4.69) is 21.3 Å². The van der Waals surface area contributed by atoms with Crippen LogP contribution in [0, 0.1) is 0 Å². The molecule has 120 valence electrons. The third-order valence-corrected chi connectivity index (χ3v) is 3.58. The summed E-state index contributed by atoms with van der Waals surface area (Å²) in [5.74, 6) is -0.228. The maximum atomic E-state index is 11.7. The van der Waals surface area contributed by atoms with Gasteiger partial charge in [0.25, 0.3) is 0 Å². The van der Waals surface area contributed by atoms with Gasteiger partial charge in [-0.1, -0.05) is 20.8 Å². The molecule has 1 aliphatic heterocycles. The minimum Gasteiger partial charge on any atom is -0.350 e. The Balaban J connectivity index is 2.81. The molecule has 1 saturated heterocycles. The first-order valence-electron chi connectivity index (χ1n) is 7.60. The van der Waals surface area contributed by atoms with Crippen LogP contribution in [0.5, 0.6) is 0 Å². The largest absolute Gasteiger partial charge is 0.350 e. The number of amides is 3. The molecule has 0 bridgehead atoms. The Morgan fingerprint density at radius 3 is 1.57 bits per heavy atom. The lowest BCUT2D eigenvalue weighted by Gasteiger charge is -2.39. The van der Waals surface area contributed by atoms with Crippen molar-refractivity contribution in [1.29, 1.82) is 0 Å². The molecule has 0 spiro atoms. The SMILES string of the molecule is CCC(=O)NC1CNCC(NC(=O)CC)C1NC(=O)CC. The molecule has 0 aromatic carbocycles. The van der Waals surface area contributed by atoms with Gasteiger partial charge in [-0.3, -0.25) is 14.4 Å². The second-order valence-corrected chi connectivity index (χ2v) is 5.16. The van der Waals surface area contributed by atoms with Gasteiger partial charge in [0.05, 0.1) is 18.1 Å². The molecule has 1 heterocycles. The van der Waals surface area contributed by atoms with E-state index in [-0.39, 0.29) is 35.8 Å². The lowest BCUT2D eigenvalue weighted by Crippen LogP contribution is -2.69. The van der Waals surface area contributed by atoms with Gasteiger partial charge in [-0.05, 0) is 0 Å². The van der Waals surface area contributed by atoms with Gasteiger partial charge in [-0.2, -0.15) is 0 Å². The Morgan fingerprint density at radius 2 is 1.19 bits per heavy atom. The van der Waals surface area contributed by atoms with Crippen molar-refractivity contribution in [3.63, 3.8) is 0 Å². The molecule has 7 nitrogen and oxygen atoms in total. The zero-order chi connectivity index (χ0) is 15.8. The van der Waals surface area contributed by atoms with E-state index in [1.54, 1.807) is 20.8 Å². The molecule has 2 atom stereocenters. The van der Waals surface area contributed by atoms with Gasteiger partial charge in [0, 0.05) is 32.4 Å². The van der Waals surface area contributed by atoms with Gasteiger partial charge in [0.2, 0.25) is 17.7 Å². The lowest BCUT2D eigenvalue weighted by molar-refractivity contribution is -0.126. The predicted molar refractivity (Wildman–Crippen MR) is 79.5 cm³/mol. The van der Waals surface area contributed by atoms with E-state index in [1.165, 1.54) is 0 Å². The van der Waals surface area contributed by atoms with Gasteiger partial charge in [-0.25, -0.2) is 0 Å². The second kappa shape index (κ2) is 8.61. The predicted octanol–water partition coefficient (Wildman–Crippen LogP) is -0.726. The molecule has 0 aromatic heterocycles. The van der Waals surface area contributed by atoms with Crippen LogP contribution in [0.2, 0.25) is 0 Å². The summed E-state index contributed by atoms with van der Waals surface area (Å²) in [5, 5.41) is 11.9. The van der Waals surface area contributed by atoms with Gasteiger partial charge in [-0.15, -0.1) is 0 Å². The summed E-state index contributed by atoms with van der Waals surface area (Å²) in [6, 6.07) is -0.766. The van der Waals surface area contributed by atoms with Gasteiger partial charge in [0.1, 0.15) is 0 Å². The number of rotatable bonds is 6. The van der Waals surface area contributed by atoms with Gasteiger partial charge < -0.3 is 21.3 Å². The summed E-state index contributed by atoms with van der Waals surface area (Å²) in [6.07, 6.45) is 1.14. The van der Waals surface area contributed by atoms with Crippen LogP contribution in [-0.2, 0) is 14.4 Å². The lowest BCUT2D eigenvalue weighted by atomic mass is 9.94. The van der Waals surface area contributed by atoms with E-state index >= 15 is 0 Å². The molecule has 1 rings (SSSR count). The molecule has 2 unspecified atom stereocenters. The molecule has 0 radical (unpaired) electrons. The van der Waals surface area contributed by atoms with Gasteiger partial charge in [0.15, 0.2) is 0 Å². The minimum atomic E-state index is -0.301. The van der Waals surface area contributed by atoms with Crippen molar-refractivity contribution < 1.29 is 14.4 Å². The van der Waals surface area contributed by atoms with Gasteiger partial charge >= 0.3 is 0 Å². The van der Waals surface area contributed by atoms with Crippen LogP contribution in [0.15, 0.2) is 0 Å². The van der Waals surface area contributed by atoms with E-state index < -0.39 is 0 Å². The molecule has 1 fully saturated rings. The summed E-state index contributed by atoms with van der Waals surface area (Å²) in [4.78, 5) is 35.0. The first-order chi connectivity index (χ1) is 10.0. The Morgan fingerprint density at radius 1 is 0.810 bits per heavy atom. The summed E-state index contributed by atoms with van der Waals surface area (Å²) >= 11 is 0. The summed E-state index contributed by atoms with van der Waals surface area (Å²) in [7, 11) is 0. The van der Waals surface area contributed by atoms with Crippen LogP contribution in [0.1, 0.15) is 40.0 Å². The summed E-state index contributed by atoms with van der Waals surface area (Å²) in [6.45, 7) is 6.47. The van der Waals surface area contributed by atoms with Crippen LogP contribution in [-0.4, -0.2) is 48.9 Å². The van der Waals surface area contributed by atoms with E-state index in [4.69, 9.17) is 0 Å². The van der Waals surface area contributed by atoms with Crippen molar-refractivity contribution in [2.24, 2.45) is 0 Å². The molecule has 0 aromatic rings. The van der Waals surface area contributed by atoms with Crippen LogP contribution >= 0.6 is 0 Å². The Labute approximate surface area is 125 Å². The molecular weight excluding hydrogens is 272 g/mol. The van der Waals surface area contributed by atoms with Crippen molar-refractivity contribution in [1.82, 2.24) is 21.3 Å². The number of carbonyl (C=O) groups excluding carboxylic acids is 3. The fourth-order valence-electron chi connectivity index (χ4n) is 2.32. The average Bonchev–Trinajstić information content (AvgIpc) is 2.49. The normalized spacial score (nSPS) is 25.0. The fraction of sp³-hybridized carbons (Fsp3) is 0.786. The molecule has 3 amide bonds. The summed E-state index contributed by atoms with van der Waals surface area (Å²) < 4.78 is 0. The molecular formula is C14H26N4O3. The zero-order valence-corrected chi connectivity index (χ0v) is 13.0. The van der Waals surface area contributed by atoms with Crippen molar-refractivity contribution in [3.8, 4) is 0 Å². The number of hydrogen-bond donors (Lipinski definition) is 4. The zero-order valence-electron chi connectivity index (χ0n) is 13.0. The Bertz CT molecular complexity index is 360. The minimum absolute atomic E-state index is 0.0694. The van der Waals surface area contributed by atoms with Crippen LogP contribution in [0.25, 0.3) is 0 Å². The topological polar surface area (TPSA) is 99.3 Å². The number of piperidine rings is 1. The standard InChI is InChI=1S/C14H26N4O3/c1-4-11(19)16-9-7-15-8-10(17-12(20)5-2)14(9)18-13(21)6-3/h9-10,14-15H,4-8H2,1-3H3,(H,16,19)(H,17,20)(H,18,21). The van der Waals surface area contributed by atoms with Crippen molar-refractivity contribution >= 4 is 17.7 Å². The first-order valence-corrected chi connectivity index (χ1v) is 7.60. The molecule has 1 aliphatic rings. The molecule has 21 heavy (non-hydrogen) atoms. The fourth-order valence-corrected chi connectivity index (χ4v) is 2.32. The summed E-state index contributed by atoms with van der Waals surface area (Å²) in [5.41, 5.74) is 0. The highest BCUT2D eigenvalue weighted by Gasteiger charge is 2.35. The highest BCUT2D eigenvalue weighted by molar-refractivity contribution is 5.78. The monoisotopic (exact) mass is 298 g/mol. The van der Waals surface area contributed by atoms with E-state index in [0.29, 0.717) is 32.4 Å². The number of nitrogens with one attached hydrogen (secondary N) is 4. The maximum Gasteiger partial charge on any atom is 0.220 e. The third-order valence-electron chi connectivity index (χ3n) is 3.58. The maximum absolute atomic E-state index is 11.7. The molecule has 7 heteroatoms. The van der Waals surface area contributed by atoms with Crippen molar-refractivity contribution in [2.45, 2.75) is 58.2 Å². The average molecular weight is 298 g/mol. The van der Waals surface area contributed by atoms with Crippen molar-refractivity contribution in [2.75, 3.05) is 13.1 Å². The Hall–Kier alpha value is -1.63. The number of hydrogen-bond acceptors (Lipinski definition) is 4. The van der Waals surface area contributed by atoms with Crippen molar-refractivity contribution in [3.05, 3.63) is 0 Å². The molecule has 0 saturated carbocycles. The Kier molecular flexibility index (Phi) is 7.14. The highest BCUT2D eigenvalue weighted by Crippen LogP contribution is 2.07. The molecule has 0 aliphatic carbocycles. The van der Waals surface area contributed by atoms with Crippen LogP contribution in [0.4, 0.5) is 0 Å². The van der Waals surface area contributed by atoms with E-state index in [0.717, 1.165) is 0 Å². The molecule has 4 N–H and O–H groups in total. The third kappa shape index (κ3) is 5.34. The number of carbonyl (C=O) groups is 3. The smallest absolute Gasteiger partial charge is 0.220 e.